The lowest BCUT2D eigenvalue weighted by Crippen LogP contribution is -2.44. The third kappa shape index (κ3) is 4.43. The molecule has 5 nitrogen and oxygen atoms in total. The van der Waals surface area contributed by atoms with Crippen molar-refractivity contribution in [2.24, 2.45) is 0 Å². The van der Waals surface area contributed by atoms with Gasteiger partial charge in [0, 0.05) is 43.2 Å². The number of halogens is 4. The Hall–Kier alpha value is -2.23. The molecule has 0 amide bonds. The van der Waals surface area contributed by atoms with E-state index in [1.807, 2.05) is 11.4 Å². The summed E-state index contributed by atoms with van der Waals surface area (Å²) in [5, 5.41) is 5.15. The molecule has 2 aromatic heterocycles. The summed E-state index contributed by atoms with van der Waals surface area (Å²) < 4.78 is 42.6. The second-order valence-corrected chi connectivity index (χ2v) is 6.82. The SMILES string of the molecule is Cl.FC(F)(F)c1ccc(-c2cc(N3CCNCC3)nc(-c3cnsc3)n2)cc1. The average Bonchev–Trinajstić information content (AvgIpc) is 3.23. The molecule has 1 fully saturated rings. The summed E-state index contributed by atoms with van der Waals surface area (Å²) in [5.74, 6) is 1.29. The van der Waals surface area contributed by atoms with Crippen LogP contribution in [-0.4, -0.2) is 40.5 Å². The predicted octanol–water partition coefficient (Wildman–Crippen LogP) is 4.12. The van der Waals surface area contributed by atoms with Gasteiger partial charge in [0.2, 0.25) is 0 Å². The first kappa shape index (κ1) is 20.5. The van der Waals surface area contributed by atoms with Crippen LogP contribution >= 0.6 is 23.9 Å². The summed E-state index contributed by atoms with van der Waals surface area (Å²) in [5.41, 5.74) is 1.33. The molecule has 3 aromatic rings. The van der Waals surface area contributed by atoms with Crippen molar-refractivity contribution in [1.82, 2.24) is 19.7 Å². The lowest BCUT2D eigenvalue weighted by Gasteiger charge is -2.28. The molecule has 0 aliphatic carbocycles. The summed E-state index contributed by atoms with van der Waals surface area (Å²) in [6.45, 7) is 3.33. The number of aromatic nitrogens is 3. The van der Waals surface area contributed by atoms with Gasteiger partial charge in [-0.3, -0.25) is 0 Å². The standard InChI is InChI=1S/C18H16F3N5S.ClH/c19-18(20,21)14-3-1-12(2-4-14)15-9-16(26-7-5-22-6-8-26)25-17(24-15)13-10-23-27-11-13;/h1-4,9-11,22H,5-8H2;1H. The smallest absolute Gasteiger partial charge is 0.354 e. The minimum absolute atomic E-state index is 0. The van der Waals surface area contributed by atoms with Crippen LogP contribution in [0.5, 0.6) is 0 Å². The van der Waals surface area contributed by atoms with E-state index in [2.05, 4.69) is 24.6 Å². The fraction of sp³-hybridized carbons (Fsp3) is 0.278. The Bertz CT molecular complexity index is 910. The number of hydrogen-bond donors (Lipinski definition) is 1. The average molecular weight is 428 g/mol. The second-order valence-electron chi connectivity index (χ2n) is 6.16. The van der Waals surface area contributed by atoms with Crippen molar-refractivity contribution >= 4 is 29.8 Å². The molecule has 0 radical (unpaired) electrons. The number of hydrogen-bond acceptors (Lipinski definition) is 6. The Morgan fingerprint density at radius 2 is 1.71 bits per heavy atom. The molecule has 1 N–H and O–H groups in total. The highest BCUT2D eigenvalue weighted by atomic mass is 35.5. The molecular formula is C18H17ClF3N5S. The minimum atomic E-state index is -4.36. The fourth-order valence-electron chi connectivity index (χ4n) is 2.91. The lowest BCUT2D eigenvalue weighted by atomic mass is 10.1. The van der Waals surface area contributed by atoms with Crippen LogP contribution in [0.3, 0.4) is 0 Å². The molecule has 1 aliphatic rings. The van der Waals surface area contributed by atoms with E-state index in [4.69, 9.17) is 0 Å². The summed E-state index contributed by atoms with van der Waals surface area (Å²) in [6.07, 6.45) is -2.66. The Morgan fingerprint density at radius 3 is 2.32 bits per heavy atom. The zero-order chi connectivity index (χ0) is 18.9. The molecule has 4 rings (SSSR count). The van der Waals surface area contributed by atoms with Gasteiger partial charge in [-0.05, 0) is 23.7 Å². The van der Waals surface area contributed by atoms with E-state index in [-0.39, 0.29) is 12.4 Å². The fourth-order valence-corrected chi connectivity index (χ4v) is 3.43. The first-order valence-corrected chi connectivity index (χ1v) is 9.26. The molecular weight excluding hydrogens is 411 g/mol. The van der Waals surface area contributed by atoms with Crippen LogP contribution in [0.4, 0.5) is 19.0 Å². The monoisotopic (exact) mass is 427 g/mol. The molecule has 3 heterocycles. The van der Waals surface area contributed by atoms with Crippen LogP contribution in [0, 0.1) is 0 Å². The molecule has 1 aliphatic heterocycles. The second kappa shape index (κ2) is 8.42. The number of nitrogens with zero attached hydrogens (tertiary/aromatic N) is 4. The number of benzene rings is 1. The predicted molar refractivity (Wildman–Crippen MR) is 106 cm³/mol. The molecule has 0 unspecified atom stereocenters. The Balaban J connectivity index is 0.00000225. The van der Waals surface area contributed by atoms with Gasteiger partial charge in [-0.1, -0.05) is 12.1 Å². The lowest BCUT2D eigenvalue weighted by molar-refractivity contribution is -0.137. The van der Waals surface area contributed by atoms with Crippen LogP contribution < -0.4 is 10.2 Å². The number of rotatable bonds is 3. The van der Waals surface area contributed by atoms with Crippen molar-refractivity contribution in [2.45, 2.75) is 6.18 Å². The van der Waals surface area contributed by atoms with E-state index in [0.29, 0.717) is 17.1 Å². The molecule has 0 saturated carbocycles. The number of nitrogens with one attached hydrogen (secondary N) is 1. The van der Waals surface area contributed by atoms with Crippen LogP contribution in [0.15, 0.2) is 41.9 Å². The van der Waals surface area contributed by atoms with Gasteiger partial charge in [0.05, 0.1) is 23.0 Å². The van der Waals surface area contributed by atoms with E-state index >= 15 is 0 Å². The summed E-state index contributed by atoms with van der Waals surface area (Å²) in [7, 11) is 0. The molecule has 0 spiro atoms. The van der Waals surface area contributed by atoms with Gasteiger partial charge in [0.15, 0.2) is 5.82 Å². The van der Waals surface area contributed by atoms with Crippen molar-refractivity contribution in [1.29, 1.82) is 0 Å². The van der Waals surface area contributed by atoms with Crippen molar-refractivity contribution in [2.75, 3.05) is 31.1 Å². The van der Waals surface area contributed by atoms with E-state index in [9.17, 15) is 13.2 Å². The van der Waals surface area contributed by atoms with Gasteiger partial charge >= 0.3 is 6.18 Å². The maximum Gasteiger partial charge on any atom is 0.416 e. The highest BCUT2D eigenvalue weighted by Gasteiger charge is 2.30. The maximum absolute atomic E-state index is 12.8. The quantitative estimate of drug-likeness (QED) is 0.681. The van der Waals surface area contributed by atoms with Crippen molar-refractivity contribution in [3.05, 3.63) is 47.5 Å². The van der Waals surface area contributed by atoms with Gasteiger partial charge in [-0.25, -0.2) is 14.3 Å². The molecule has 0 atom stereocenters. The van der Waals surface area contributed by atoms with Gasteiger partial charge in [-0.15, -0.1) is 12.4 Å². The molecule has 0 bridgehead atoms. The zero-order valence-electron chi connectivity index (χ0n) is 14.6. The summed E-state index contributed by atoms with van der Waals surface area (Å²) in [6, 6.07) is 6.88. The van der Waals surface area contributed by atoms with Crippen molar-refractivity contribution in [3.8, 4) is 22.6 Å². The van der Waals surface area contributed by atoms with E-state index in [1.54, 1.807) is 6.20 Å². The highest BCUT2D eigenvalue weighted by Crippen LogP contribution is 2.32. The summed E-state index contributed by atoms with van der Waals surface area (Å²) in [4.78, 5) is 11.4. The molecule has 148 valence electrons. The van der Waals surface area contributed by atoms with E-state index in [1.165, 1.54) is 23.7 Å². The summed E-state index contributed by atoms with van der Waals surface area (Å²) >= 11 is 1.30. The van der Waals surface area contributed by atoms with Gasteiger partial charge in [-0.2, -0.15) is 13.2 Å². The van der Waals surface area contributed by atoms with Crippen molar-refractivity contribution in [3.63, 3.8) is 0 Å². The van der Waals surface area contributed by atoms with Crippen LogP contribution in [-0.2, 0) is 6.18 Å². The van der Waals surface area contributed by atoms with Gasteiger partial charge in [0.25, 0.3) is 0 Å². The topological polar surface area (TPSA) is 53.9 Å². The normalized spacial score (nSPS) is 14.6. The van der Waals surface area contributed by atoms with Gasteiger partial charge in [0.1, 0.15) is 5.82 Å². The molecule has 28 heavy (non-hydrogen) atoms. The molecule has 1 saturated heterocycles. The largest absolute Gasteiger partial charge is 0.416 e. The molecule has 1 aromatic carbocycles. The highest BCUT2D eigenvalue weighted by molar-refractivity contribution is 7.03. The number of alkyl halides is 3. The zero-order valence-corrected chi connectivity index (χ0v) is 16.2. The van der Waals surface area contributed by atoms with E-state index < -0.39 is 11.7 Å². The maximum atomic E-state index is 12.8. The van der Waals surface area contributed by atoms with Crippen LogP contribution in [0.2, 0.25) is 0 Å². The van der Waals surface area contributed by atoms with Gasteiger partial charge < -0.3 is 10.2 Å². The first-order chi connectivity index (χ1) is 13.0. The number of piperazine rings is 1. The van der Waals surface area contributed by atoms with Crippen LogP contribution in [0.1, 0.15) is 5.56 Å². The minimum Gasteiger partial charge on any atom is -0.354 e. The number of anilines is 1. The van der Waals surface area contributed by atoms with E-state index in [0.717, 1.165) is 49.7 Å². The Labute approximate surface area is 170 Å². The Kier molecular flexibility index (Phi) is 6.17. The van der Waals surface area contributed by atoms with Crippen molar-refractivity contribution < 1.29 is 13.2 Å². The molecule has 10 heteroatoms. The van der Waals surface area contributed by atoms with Crippen LogP contribution in [0.25, 0.3) is 22.6 Å². The Morgan fingerprint density at radius 1 is 1.00 bits per heavy atom. The third-order valence-electron chi connectivity index (χ3n) is 4.35. The first-order valence-electron chi connectivity index (χ1n) is 8.43. The third-order valence-corrected chi connectivity index (χ3v) is 4.94.